The van der Waals surface area contributed by atoms with E-state index in [4.69, 9.17) is 48.7 Å². The van der Waals surface area contributed by atoms with Crippen LogP contribution in [0, 0.1) is 0 Å². The Kier molecular flexibility index (Phi) is 43.9. The molecule has 0 saturated carbocycles. The monoisotopic (exact) mass is 1400 g/mol. The van der Waals surface area contributed by atoms with Crippen LogP contribution in [0.2, 0.25) is 0 Å². The van der Waals surface area contributed by atoms with Crippen LogP contribution < -0.4 is 25.8 Å². The van der Waals surface area contributed by atoms with E-state index in [1.807, 2.05) is 0 Å². The Morgan fingerprint density at radius 2 is 0.920 bits per heavy atom. The first-order chi connectivity index (χ1) is 42.1. The third-order valence-electron chi connectivity index (χ3n) is 12.0. The van der Waals surface area contributed by atoms with Gasteiger partial charge in [0.15, 0.2) is 12.4 Å². The molecule has 0 spiro atoms. The highest BCUT2D eigenvalue weighted by Gasteiger charge is 2.47. The minimum atomic E-state index is -1.23. The van der Waals surface area contributed by atoms with Gasteiger partial charge in [0.2, 0.25) is 23.6 Å². The summed E-state index contributed by atoms with van der Waals surface area (Å²) in [6, 6.07) is 6.63. The Morgan fingerprint density at radius 3 is 1.29 bits per heavy atom. The number of piperidine rings is 2. The lowest BCUT2D eigenvalue weighted by molar-refractivity contribution is -0.139. The third-order valence-corrected chi connectivity index (χ3v) is 20.9. The van der Waals surface area contributed by atoms with Crippen molar-refractivity contribution >= 4 is 157 Å². The zero-order valence-corrected chi connectivity index (χ0v) is 56.2. The van der Waals surface area contributed by atoms with Gasteiger partial charge in [-0.15, -0.1) is 0 Å². The van der Waals surface area contributed by atoms with E-state index >= 15 is 0 Å². The van der Waals surface area contributed by atoms with Crippen LogP contribution in [0.1, 0.15) is 132 Å². The summed E-state index contributed by atoms with van der Waals surface area (Å²) in [6.07, 6.45) is 7.18. The zero-order chi connectivity index (χ0) is 64.2. The fraction of sp³-hybridized carbons (Fsp3) is 0.585. The molecular weight excluding hydrogens is 1330 g/mol. The quantitative estimate of drug-likeness (QED) is 0.0578. The van der Waals surface area contributed by atoms with Gasteiger partial charge in [0.05, 0.1) is 75.1 Å². The minimum absolute atomic E-state index is 0.0200. The molecule has 0 radical (unpaired) electrons. The van der Waals surface area contributed by atoms with E-state index in [1.54, 1.807) is 32.7 Å². The van der Waals surface area contributed by atoms with Crippen LogP contribution in [0.25, 0.3) is 0 Å². The Balaban J connectivity index is 0.000000447. The first-order valence-electron chi connectivity index (χ1n) is 27.4. The molecule has 6 rings (SSSR count). The number of aliphatic carboxylic acids is 1. The number of amides is 8. The van der Waals surface area contributed by atoms with Crippen LogP contribution >= 0.6 is 0 Å². The maximum Gasteiger partial charge on any atom is 0.341 e. The maximum atomic E-state index is 13.1. The fourth-order valence-corrected chi connectivity index (χ4v) is 16.1. The molecular formula is C53H73N5O19S10. The second-order valence-corrected chi connectivity index (χ2v) is 28.8. The van der Waals surface area contributed by atoms with Crippen molar-refractivity contribution in [1.82, 2.24) is 20.4 Å². The number of hydrogen-bond acceptors (Lipinski definition) is 23. The third kappa shape index (κ3) is 30.4. The predicted molar refractivity (Wildman–Crippen MR) is 346 cm³/mol. The first-order valence-corrected chi connectivity index (χ1v) is 38.1. The molecule has 87 heavy (non-hydrogen) atoms. The van der Waals surface area contributed by atoms with E-state index in [9.17, 15) is 47.9 Å². The molecule has 5 N–H and O–H groups in total. The number of rotatable bonds is 34. The molecule has 24 nitrogen and oxygen atoms in total. The molecule has 484 valence electrons. The summed E-state index contributed by atoms with van der Waals surface area (Å²) in [4.78, 5) is 122. The van der Waals surface area contributed by atoms with Crippen molar-refractivity contribution in [2.75, 3.05) is 99.0 Å². The largest absolute Gasteiger partial charge is 0.485 e. The van der Waals surface area contributed by atoms with Gasteiger partial charge in [-0.05, 0) is 75.8 Å². The smallest absolute Gasteiger partial charge is 0.341 e. The summed E-state index contributed by atoms with van der Waals surface area (Å²) in [6.45, 7) is 11.6. The minimum Gasteiger partial charge on any atom is -0.485 e. The summed E-state index contributed by atoms with van der Waals surface area (Å²) in [5.41, 5.74) is 5.41. The highest BCUT2D eigenvalue weighted by Crippen LogP contribution is 2.35. The average Bonchev–Trinajstić information content (AvgIpc) is 1.65. The lowest BCUT2D eigenvalue weighted by atomic mass is 10.0. The number of carboxylic acids is 1. The molecule has 34 heteroatoms. The topological polar surface area (TPSA) is 321 Å². The number of hydrogen-bond donors (Lipinski definition) is 4. The van der Waals surface area contributed by atoms with Crippen molar-refractivity contribution in [1.29, 1.82) is 0 Å². The summed E-state index contributed by atoms with van der Waals surface area (Å²) in [5, 5.41) is 12.9. The number of carbonyl (C=O) groups excluding carboxylic acids is 9. The van der Waals surface area contributed by atoms with E-state index in [0.29, 0.717) is 85.3 Å². The predicted octanol–water partition coefficient (Wildman–Crippen LogP) is 2.77. The molecule has 0 aliphatic carbocycles. The first kappa shape index (κ1) is 78.8. The number of carboxylic acid groups (broad SMARTS) is 1. The molecule has 2 fully saturated rings. The van der Waals surface area contributed by atoms with Gasteiger partial charge in [0.25, 0.3) is 23.6 Å². The highest BCUT2D eigenvalue weighted by molar-refractivity contribution is 8.68. The Bertz CT molecular complexity index is 2860. The summed E-state index contributed by atoms with van der Waals surface area (Å²) in [7, 11) is 8.28. The normalized spacial score (nSPS) is 15.5. The van der Waals surface area contributed by atoms with Gasteiger partial charge in [-0.2, -0.15) is 0 Å². The average molecular weight is 1400 g/mol. The summed E-state index contributed by atoms with van der Waals surface area (Å²) >= 11 is 17.4. The van der Waals surface area contributed by atoms with Gasteiger partial charge in [0, 0.05) is 144 Å². The number of nitrogens with one attached hydrogen (secondary N) is 2. The molecule has 2 atom stereocenters. The van der Waals surface area contributed by atoms with Gasteiger partial charge in [0.1, 0.15) is 30.2 Å². The second kappa shape index (κ2) is 48.5. The number of nitrogens with two attached hydrogens (primary N) is 1. The van der Waals surface area contributed by atoms with E-state index < -0.39 is 71.9 Å². The summed E-state index contributed by atoms with van der Waals surface area (Å²) < 4.78 is 42.9. The van der Waals surface area contributed by atoms with Crippen molar-refractivity contribution in [3.8, 4) is 11.5 Å². The fourth-order valence-electron chi connectivity index (χ4n) is 7.90. The number of ether oxygens (including phenoxy) is 8. The van der Waals surface area contributed by atoms with Crippen molar-refractivity contribution in [2.24, 2.45) is 5.73 Å². The molecule has 8 amide bonds. The molecule has 4 aliphatic heterocycles. The van der Waals surface area contributed by atoms with Crippen molar-refractivity contribution < 1.29 is 90.9 Å². The molecule has 4 heterocycles. The maximum absolute atomic E-state index is 13.1. The van der Waals surface area contributed by atoms with E-state index in [-0.39, 0.29) is 71.8 Å². The lowest BCUT2D eigenvalue weighted by Gasteiger charge is -2.27. The van der Waals surface area contributed by atoms with Crippen molar-refractivity contribution in [3.05, 3.63) is 58.7 Å². The van der Waals surface area contributed by atoms with Crippen LogP contribution in [0.4, 0.5) is 0 Å². The van der Waals surface area contributed by atoms with Crippen molar-refractivity contribution in [3.63, 3.8) is 0 Å². The number of carbonyl (C=O) groups is 10. The molecule has 0 bridgehead atoms. The Hall–Kier alpha value is -4.34. The van der Waals surface area contributed by atoms with Gasteiger partial charge < -0.3 is 48.7 Å². The van der Waals surface area contributed by atoms with Gasteiger partial charge in [-0.3, -0.25) is 63.6 Å². The number of ketones is 1. The van der Waals surface area contributed by atoms with E-state index in [0.717, 1.165) is 64.2 Å². The Labute approximate surface area is 542 Å². The summed E-state index contributed by atoms with van der Waals surface area (Å²) in [5.74, 6) is -6.31. The molecule has 2 aromatic carbocycles. The van der Waals surface area contributed by atoms with E-state index in [2.05, 4.69) is 69.2 Å². The van der Waals surface area contributed by atoms with Gasteiger partial charge >= 0.3 is 5.97 Å². The van der Waals surface area contributed by atoms with Crippen LogP contribution in [0.5, 0.6) is 11.5 Å². The molecule has 4 aliphatic rings. The van der Waals surface area contributed by atoms with Crippen LogP contribution in [-0.2, 0) is 155 Å². The molecule has 2 unspecified atom stereocenters. The number of benzene rings is 2. The lowest BCUT2D eigenvalue weighted by Crippen LogP contribution is -2.54. The van der Waals surface area contributed by atoms with Crippen LogP contribution in [-0.4, -0.2) is 185 Å². The zero-order valence-electron chi connectivity index (χ0n) is 48.1. The number of imide groups is 4. The van der Waals surface area contributed by atoms with Crippen molar-refractivity contribution in [2.45, 2.75) is 103 Å². The number of fused-ring (bicyclic) bond motifs is 2. The van der Waals surface area contributed by atoms with Crippen LogP contribution in [0.3, 0.4) is 0 Å². The number of Topliss-reactive ketones (excluding diaryl/α,β-unsaturated/α-hetero) is 1. The van der Waals surface area contributed by atoms with Crippen LogP contribution in [0.15, 0.2) is 36.4 Å². The molecule has 2 saturated heterocycles. The molecule has 0 aromatic heterocycles. The van der Waals surface area contributed by atoms with E-state index in [1.165, 1.54) is 54.5 Å². The number of nitrogens with zero attached hydrogens (tertiary/aromatic N) is 2. The molecule has 2 aromatic rings. The number of unbranched alkanes of at least 4 members (excludes halogenated alkanes) is 3. The standard InChI is InChI=1S/C27H36N2O9.C15H12N2O7.C11H25NO3.S7.S3/c1-2-3-12-35-14-16-37-17-15-36-13-5-4-7-19(30)18-38-22-9-6-8-20-24(22)27(34)29(26(20)33)21-10-11-23(31)28-25(21)32;18-10-5-4-8(13(21)16-10)17-14(22)7-2-1-3-9(12(7)15(17)23)24-6-11(19)20;1-2-3-6-13-8-10-15-11-9-14-7-4-5-12;1-3-5-7-6-4-2;1-3-2/h6,8-9,21H,2-5,7,10-18H2,1H3,(H,28,31,32);1-3,8H,4-6H2,(H,19,20)(H,16,18,21);2-12H2,1H3;;. The van der Waals surface area contributed by atoms with Gasteiger partial charge in [-0.1, -0.05) is 38.8 Å². The Morgan fingerprint density at radius 1 is 0.540 bits per heavy atom. The second-order valence-electron chi connectivity index (χ2n) is 18.2. The van der Waals surface area contributed by atoms with Gasteiger partial charge in [-0.25, -0.2) is 4.79 Å². The SMILES string of the molecule is CCCCOCCOCCOCCCCC(=O)COc1cccc2c1C(=O)N(C1CCC(=O)NC1=O)C2=O.CCCCOCCOCCOCCCN.O=C(O)COc1cccc2c1C(=O)N(C1CCC(=O)NC1=O)C2=O.S=S=S.S=S=S=S=S=S=S. The highest BCUT2D eigenvalue weighted by atomic mass is 33.4.